The van der Waals surface area contributed by atoms with Crippen molar-refractivity contribution in [1.29, 1.82) is 0 Å². The van der Waals surface area contributed by atoms with E-state index in [1.54, 1.807) is 42.5 Å². The lowest BCUT2D eigenvalue weighted by atomic mass is 10.1. The number of rotatable bonds is 12. The number of nitrogens with one attached hydrogen (secondary N) is 1. The van der Waals surface area contributed by atoms with E-state index in [4.69, 9.17) is 9.47 Å². The highest BCUT2D eigenvalue weighted by Crippen LogP contribution is 2.25. The molecule has 0 bridgehead atoms. The van der Waals surface area contributed by atoms with Gasteiger partial charge in [0.1, 0.15) is 24.7 Å². The van der Waals surface area contributed by atoms with Crippen LogP contribution in [0.5, 0.6) is 11.5 Å². The molecule has 0 radical (unpaired) electrons. The van der Waals surface area contributed by atoms with Crippen molar-refractivity contribution < 1.29 is 22.7 Å². The molecule has 5 rings (SSSR count). The van der Waals surface area contributed by atoms with Crippen LogP contribution in [0.1, 0.15) is 18.1 Å². The highest BCUT2D eigenvalue weighted by Gasteiger charge is 2.27. The number of carbonyl (C=O) groups excluding carboxylic acids is 1. The summed E-state index contributed by atoms with van der Waals surface area (Å²) in [5.74, 6) is 0.668. The maximum absolute atomic E-state index is 13.5. The Bertz CT molecular complexity index is 1810. The van der Waals surface area contributed by atoms with E-state index in [1.165, 1.54) is 23.7 Å². The molecule has 0 aromatic heterocycles. The first-order valence-electron chi connectivity index (χ1n) is 13.8. The largest absolute Gasteiger partial charge is 0.494 e. The van der Waals surface area contributed by atoms with E-state index in [0.29, 0.717) is 30.4 Å². The zero-order valence-electron chi connectivity index (χ0n) is 23.6. The molecule has 5 aromatic rings. The quantitative estimate of drug-likeness (QED) is 0.138. The minimum atomic E-state index is -4.05. The summed E-state index contributed by atoms with van der Waals surface area (Å²) in [7, 11) is -4.05. The molecule has 0 fully saturated rings. The van der Waals surface area contributed by atoms with Crippen molar-refractivity contribution in [3.63, 3.8) is 0 Å². The molecule has 218 valence electrons. The lowest BCUT2D eigenvalue weighted by molar-refractivity contribution is -0.119. The Morgan fingerprint density at radius 2 is 1.44 bits per heavy atom. The molecular weight excluding hydrogens is 562 g/mol. The number of hydrogen-bond donors (Lipinski definition) is 1. The van der Waals surface area contributed by atoms with E-state index in [1.807, 2.05) is 49.4 Å². The number of anilines is 1. The number of hydrazone groups is 1. The van der Waals surface area contributed by atoms with E-state index < -0.39 is 22.5 Å². The van der Waals surface area contributed by atoms with Gasteiger partial charge in [-0.1, -0.05) is 54.6 Å². The number of fused-ring (bicyclic) bond motifs is 1. The SMILES string of the molecule is CCOc1ccc(S(=O)(=O)N(CC(=O)N/N=C\c2ccc(OCc3ccc4ccccc4c3)cc2)c2ccccc2)cc1. The Kier molecular flexibility index (Phi) is 9.33. The van der Waals surface area contributed by atoms with Gasteiger partial charge in [0.2, 0.25) is 0 Å². The van der Waals surface area contributed by atoms with Crippen molar-refractivity contribution in [2.24, 2.45) is 5.10 Å². The van der Waals surface area contributed by atoms with Crippen molar-refractivity contribution >= 4 is 38.6 Å². The Hall–Kier alpha value is -5.15. The summed E-state index contributed by atoms with van der Waals surface area (Å²) in [5, 5.41) is 6.37. The van der Waals surface area contributed by atoms with Gasteiger partial charge >= 0.3 is 0 Å². The van der Waals surface area contributed by atoms with Crippen LogP contribution in [0.3, 0.4) is 0 Å². The van der Waals surface area contributed by atoms with Gasteiger partial charge in [0.05, 0.1) is 23.4 Å². The van der Waals surface area contributed by atoms with Crippen LogP contribution in [0.2, 0.25) is 0 Å². The smallest absolute Gasteiger partial charge is 0.264 e. The van der Waals surface area contributed by atoms with Crippen molar-refractivity contribution in [2.45, 2.75) is 18.4 Å². The topological polar surface area (TPSA) is 97.3 Å². The zero-order chi connectivity index (χ0) is 30.1. The van der Waals surface area contributed by atoms with Crippen molar-refractivity contribution in [1.82, 2.24) is 5.43 Å². The zero-order valence-corrected chi connectivity index (χ0v) is 24.4. The summed E-state index contributed by atoms with van der Waals surface area (Å²) in [6.45, 7) is 2.29. The highest BCUT2D eigenvalue weighted by atomic mass is 32.2. The lowest BCUT2D eigenvalue weighted by Gasteiger charge is -2.23. The first kappa shape index (κ1) is 29.3. The summed E-state index contributed by atoms with van der Waals surface area (Å²) in [6, 6.07) is 36.3. The molecule has 0 aliphatic heterocycles. The standard InChI is InChI=1S/C34H31N3O5S/c1-2-41-31-18-20-33(21-19-31)43(39,40)37(30-10-4-3-5-11-30)24-34(38)36-35-23-26-13-16-32(17-14-26)42-25-27-12-15-28-8-6-7-9-29(28)22-27/h3-23H,2,24-25H2,1H3,(H,36,38)/b35-23-. The third kappa shape index (κ3) is 7.58. The molecule has 9 heteroatoms. The molecule has 1 N–H and O–H groups in total. The van der Waals surface area contributed by atoms with Crippen LogP contribution in [0.25, 0.3) is 10.8 Å². The van der Waals surface area contributed by atoms with Gasteiger partial charge in [-0.05, 0) is 95.6 Å². The van der Waals surface area contributed by atoms with Gasteiger partial charge in [-0.3, -0.25) is 9.10 Å². The number of ether oxygens (including phenoxy) is 2. The average Bonchev–Trinajstić information content (AvgIpc) is 3.04. The van der Waals surface area contributed by atoms with Crippen molar-refractivity contribution in [3.8, 4) is 11.5 Å². The van der Waals surface area contributed by atoms with Gasteiger partial charge in [-0.15, -0.1) is 0 Å². The van der Waals surface area contributed by atoms with E-state index in [-0.39, 0.29) is 4.90 Å². The van der Waals surface area contributed by atoms with Crippen LogP contribution in [-0.4, -0.2) is 33.7 Å². The fourth-order valence-corrected chi connectivity index (χ4v) is 5.82. The summed E-state index contributed by atoms with van der Waals surface area (Å²) < 4.78 is 39.4. The van der Waals surface area contributed by atoms with Crippen LogP contribution in [0.4, 0.5) is 5.69 Å². The van der Waals surface area contributed by atoms with Gasteiger partial charge in [-0.2, -0.15) is 5.10 Å². The molecule has 0 aliphatic rings. The molecule has 0 atom stereocenters. The molecule has 5 aromatic carbocycles. The molecule has 0 aliphatic carbocycles. The predicted octanol–water partition coefficient (Wildman–Crippen LogP) is 6.16. The summed E-state index contributed by atoms with van der Waals surface area (Å²) in [4.78, 5) is 12.9. The maximum Gasteiger partial charge on any atom is 0.264 e. The van der Waals surface area contributed by atoms with Gasteiger partial charge in [0, 0.05) is 0 Å². The minimum absolute atomic E-state index is 0.0408. The van der Waals surface area contributed by atoms with Crippen molar-refractivity contribution in [3.05, 3.63) is 132 Å². The second-order valence-electron chi connectivity index (χ2n) is 9.58. The molecule has 1 amide bonds. The van der Waals surface area contributed by atoms with Gasteiger partial charge in [0.25, 0.3) is 15.9 Å². The number of nitrogens with zero attached hydrogens (tertiary/aromatic N) is 2. The predicted molar refractivity (Wildman–Crippen MR) is 169 cm³/mol. The van der Waals surface area contributed by atoms with Crippen LogP contribution in [0.15, 0.2) is 131 Å². The number of benzene rings is 5. The van der Waals surface area contributed by atoms with E-state index in [2.05, 4.69) is 34.8 Å². The molecular formula is C34H31N3O5S. The van der Waals surface area contributed by atoms with E-state index in [9.17, 15) is 13.2 Å². The average molecular weight is 594 g/mol. The molecule has 0 saturated heterocycles. The molecule has 0 heterocycles. The molecule has 0 spiro atoms. The Balaban J connectivity index is 1.20. The monoisotopic (exact) mass is 593 g/mol. The van der Waals surface area contributed by atoms with Gasteiger partial charge in [-0.25, -0.2) is 13.8 Å². The molecule has 8 nitrogen and oxygen atoms in total. The fourth-order valence-electron chi connectivity index (χ4n) is 4.40. The fraction of sp³-hybridized carbons (Fsp3) is 0.118. The maximum atomic E-state index is 13.5. The number of hydrogen-bond acceptors (Lipinski definition) is 6. The Labute approximate surface area is 251 Å². The number of carbonyl (C=O) groups is 1. The van der Waals surface area contributed by atoms with Crippen LogP contribution in [-0.2, 0) is 21.4 Å². The van der Waals surface area contributed by atoms with Crippen LogP contribution >= 0.6 is 0 Å². The Morgan fingerprint density at radius 1 is 0.791 bits per heavy atom. The first-order chi connectivity index (χ1) is 20.9. The molecule has 0 saturated carbocycles. The third-order valence-electron chi connectivity index (χ3n) is 6.56. The summed E-state index contributed by atoms with van der Waals surface area (Å²) in [6.07, 6.45) is 1.48. The normalized spacial score (nSPS) is 11.4. The van der Waals surface area contributed by atoms with Gasteiger partial charge < -0.3 is 9.47 Å². The molecule has 43 heavy (non-hydrogen) atoms. The van der Waals surface area contributed by atoms with Gasteiger partial charge in [0.15, 0.2) is 0 Å². The second-order valence-corrected chi connectivity index (χ2v) is 11.4. The summed E-state index contributed by atoms with van der Waals surface area (Å²) >= 11 is 0. The first-order valence-corrected chi connectivity index (χ1v) is 15.2. The summed E-state index contributed by atoms with van der Waals surface area (Å²) in [5.41, 5.74) is 4.59. The third-order valence-corrected chi connectivity index (χ3v) is 8.34. The highest BCUT2D eigenvalue weighted by molar-refractivity contribution is 7.92. The van der Waals surface area contributed by atoms with Crippen LogP contribution in [0, 0.1) is 0 Å². The number of para-hydroxylation sites is 1. The van der Waals surface area contributed by atoms with Crippen molar-refractivity contribution in [2.75, 3.05) is 17.5 Å². The van der Waals surface area contributed by atoms with E-state index in [0.717, 1.165) is 20.8 Å². The lowest BCUT2D eigenvalue weighted by Crippen LogP contribution is -2.39. The second kappa shape index (κ2) is 13.7. The Morgan fingerprint density at radius 3 is 2.16 bits per heavy atom. The van der Waals surface area contributed by atoms with Crippen LogP contribution < -0.4 is 19.2 Å². The number of amides is 1. The number of sulfonamides is 1. The van der Waals surface area contributed by atoms with E-state index >= 15 is 0 Å². The molecule has 0 unspecified atom stereocenters. The minimum Gasteiger partial charge on any atom is -0.494 e.